The van der Waals surface area contributed by atoms with Crippen molar-refractivity contribution in [1.82, 2.24) is 0 Å². The molecule has 1 unspecified atom stereocenters. The molecule has 0 radical (unpaired) electrons. The Kier molecular flexibility index (Phi) is 6.98. The quantitative estimate of drug-likeness (QED) is 0.469. The highest BCUT2D eigenvalue weighted by molar-refractivity contribution is 7.59. The van der Waals surface area contributed by atoms with Gasteiger partial charge in [0.05, 0.1) is 6.61 Å². The minimum absolute atomic E-state index is 0.331. The summed E-state index contributed by atoms with van der Waals surface area (Å²) in [6.45, 7) is 9.79. The zero-order valence-corrected chi connectivity index (χ0v) is 18.8. The van der Waals surface area contributed by atoms with Crippen molar-refractivity contribution in [3.05, 3.63) is 0 Å². The van der Waals surface area contributed by atoms with Gasteiger partial charge in [0.15, 0.2) is 17.4 Å². The second-order valence-corrected chi connectivity index (χ2v) is 11.8. The van der Waals surface area contributed by atoms with E-state index in [0.29, 0.717) is 12.8 Å². The number of ether oxygens (including phenoxy) is 4. The predicted molar refractivity (Wildman–Crippen MR) is 105 cm³/mol. The number of rotatable bonds is 8. The van der Waals surface area contributed by atoms with Crippen molar-refractivity contribution < 1.29 is 33.1 Å². The molecule has 3 saturated heterocycles. The SMILES string of the molecule is CCCCCCCCP1(=O)O[C@H]([C@H]2COC(C)(C)O2)[C@@H]2OC(C)(C)O[C@@H]2[C@@H]1O. The van der Waals surface area contributed by atoms with Crippen LogP contribution in [0.2, 0.25) is 0 Å². The van der Waals surface area contributed by atoms with Gasteiger partial charge in [0.25, 0.3) is 0 Å². The van der Waals surface area contributed by atoms with Gasteiger partial charge < -0.3 is 28.6 Å². The lowest BCUT2D eigenvalue weighted by molar-refractivity contribution is -0.174. The van der Waals surface area contributed by atoms with E-state index in [-0.39, 0.29) is 0 Å². The Morgan fingerprint density at radius 1 is 0.893 bits per heavy atom. The fraction of sp³-hybridized carbons (Fsp3) is 1.00. The maximum Gasteiger partial charge on any atom is 0.233 e. The maximum atomic E-state index is 13.6. The van der Waals surface area contributed by atoms with Gasteiger partial charge in [0, 0.05) is 6.16 Å². The molecule has 0 spiro atoms. The lowest BCUT2D eigenvalue weighted by Crippen LogP contribution is -2.54. The van der Waals surface area contributed by atoms with E-state index in [2.05, 4.69) is 6.92 Å². The van der Waals surface area contributed by atoms with E-state index in [9.17, 15) is 9.67 Å². The molecule has 0 aliphatic carbocycles. The highest BCUT2D eigenvalue weighted by Crippen LogP contribution is 2.61. The average molecular weight is 420 g/mol. The van der Waals surface area contributed by atoms with Crippen LogP contribution >= 0.6 is 7.37 Å². The molecule has 0 aromatic heterocycles. The lowest BCUT2D eigenvalue weighted by Gasteiger charge is -2.41. The molecule has 3 aliphatic heterocycles. The van der Waals surface area contributed by atoms with Crippen LogP contribution in [0.4, 0.5) is 0 Å². The molecular weight excluding hydrogens is 383 g/mol. The molecule has 3 heterocycles. The summed E-state index contributed by atoms with van der Waals surface area (Å²) in [6.07, 6.45) is 4.57. The molecule has 8 heteroatoms. The van der Waals surface area contributed by atoms with E-state index in [0.717, 1.165) is 19.3 Å². The molecule has 3 rings (SSSR count). The molecule has 0 amide bonds. The summed E-state index contributed by atoms with van der Waals surface area (Å²) in [5.41, 5.74) is 0. The van der Waals surface area contributed by atoms with E-state index >= 15 is 0 Å². The topological polar surface area (TPSA) is 83.5 Å². The summed E-state index contributed by atoms with van der Waals surface area (Å²) in [5.74, 6) is -2.78. The monoisotopic (exact) mass is 420 g/mol. The molecular formula is C20H37O7P. The Morgan fingerprint density at radius 3 is 2.18 bits per heavy atom. The minimum atomic E-state index is -3.32. The Labute approximate surface area is 168 Å². The lowest BCUT2D eigenvalue weighted by atomic mass is 10.0. The van der Waals surface area contributed by atoms with Crippen LogP contribution in [0.25, 0.3) is 0 Å². The predicted octanol–water partition coefficient (Wildman–Crippen LogP) is 4.01. The second-order valence-electron chi connectivity index (χ2n) is 9.13. The van der Waals surface area contributed by atoms with Crippen LogP contribution in [0.1, 0.15) is 73.1 Å². The first kappa shape index (κ1) is 22.7. The zero-order chi connectivity index (χ0) is 20.6. The van der Waals surface area contributed by atoms with Crippen LogP contribution in [-0.2, 0) is 28.0 Å². The van der Waals surface area contributed by atoms with Gasteiger partial charge in [-0.2, -0.15) is 0 Å². The number of aliphatic hydroxyl groups excluding tert-OH is 1. The fourth-order valence-corrected chi connectivity index (χ4v) is 6.81. The summed E-state index contributed by atoms with van der Waals surface area (Å²) in [5, 5.41) is 10.9. The van der Waals surface area contributed by atoms with E-state index in [1.807, 2.05) is 13.8 Å². The third-order valence-corrected chi connectivity index (χ3v) is 8.34. The zero-order valence-electron chi connectivity index (χ0n) is 17.9. The summed E-state index contributed by atoms with van der Waals surface area (Å²) in [7, 11) is -3.32. The molecule has 28 heavy (non-hydrogen) atoms. The van der Waals surface area contributed by atoms with E-state index < -0.39 is 49.2 Å². The summed E-state index contributed by atoms with van der Waals surface area (Å²) in [6, 6.07) is 0. The van der Waals surface area contributed by atoms with Gasteiger partial charge in [-0.05, 0) is 34.1 Å². The van der Waals surface area contributed by atoms with Gasteiger partial charge in [0.1, 0.15) is 24.4 Å². The van der Waals surface area contributed by atoms with Crippen LogP contribution in [0, 0.1) is 0 Å². The smallest absolute Gasteiger partial charge is 0.233 e. The van der Waals surface area contributed by atoms with Gasteiger partial charge in [-0.15, -0.1) is 0 Å². The molecule has 0 saturated carbocycles. The third kappa shape index (κ3) is 5.00. The Balaban J connectivity index is 1.70. The molecule has 6 atom stereocenters. The number of aliphatic hydroxyl groups is 1. The largest absolute Gasteiger partial charge is 0.380 e. The Bertz CT molecular complexity index is 579. The molecule has 0 aromatic rings. The van der Waals surface area contributed by atoms with Crippen molar-refractivity contribution >= 4 is 7.37 Å². The Hall–Kier alpha value is -0.0100. The van der Waals surface area contributed by atoms with E-state index in [1.54, 1.807) is 13.8 Å². The van der Waals surface area contributed by atoms with Crippen molar-refractivity contribution in [1.29, 1.82) is 0 Å². The van der Waals surface area contributed by atoms with Crippen LogP contribution in [0.5, 0.6) is 0 Å². The second kappa shape index (κ2) is 8.62. The Morgan fingerprint density at radius 2 is 1.54 bits per heavy atom. The van der Waals surface area contributed by atoms with Crippen LogP contribution in [-0.4, -0.2) is 59.7 Å². The van der Waals surface area contributed by atoms with Gasteiger partial charge in [-0.25, -0.2) is 0 Å². The van der Waals surface area contributed by atoms with Crippen molar-refractivity contribution in [3.63, 3.8) is 0 Å². The molecule has 0 bridgehead atoms. The van der Waals surface area contributed by atoms with Crippen LogP contribution in [0.3, 0.4) is 0 Å². The molecule has 164 valence electrons. The van der Waals surface area contributed by atoms with Gasteiger partial charge in [0.2, 0.25) is 7.37 Å². The van der Waals surface area contributed by atoms with E-state index in [1.165, 1.54) is 19.3 Å². The van der Waals surface area contributed by atoms with Crippen LogP contribution < -0.4 is 0 Å². The van der Waals surface area contributed by atoms with Gasteiger partial charge in [-0.3, -0.25) is 4.57 Å². The number of hydrogen-bond acceptors (Lipinski definition) is 7. The van der Waals surface area contributed by atoms with Crippen molar-refractivity contribution in [2.24, 2.45) is 0 Å². The van der Waals surface area contributed by atoms with Gasteiger partial charge >= 0.3 is 0 Å². The molecule has 3 fully saturated rings. The molecule has 3 aliphatic rings. The van der Waals surface area contributed by atoms with Gasteiger partial charge in [-0.1, -0.05) is 39.0 Å². The molecule has 0 aromatic carbocycles. The first-order chi connectivity index (χ1) is 13.1. The summed E-state index contributed by atoms with van der Waals surface area (Å²) < 4.78 is 43.3. The maximum absolute atomic E-state index is 13.6. The normalized spacial score (nSPS) is 41.9. The van der Waals surface area contributed by atoms with Crippen molar-refractivity contribution in [2.45, 2.75) is 115 Å². The summed E-state index contributed by atoms with van der Waals surface area (Å²) in [4.78, 5) is 0. The number of hydrogen-bond donors (Lipinski definition) is 1. The first-order valence-corrected chi connectivity index (χ1v) is 12.6. The highest BCUT2D eigenvalue weighted by Gasteiger charge is 2.61. The highest BCUT2D eigenvalue weighted by atomic mass is 31.2. The average Bonchev–Trinajstić information content (AvgIpc) is 3.13. The van der Waals surface area contributed by atoms with E-state index in [4.69, 9.17) is 23.5 Å². The third-order valence-electron chi connectivity index (χ3n) is 5.70. The molecule has 7 nitrogen and oxygen atoms in total. The van der Waals surface area contributed by atoms with Crippen molar-refractivity contribution in [3.8, 4) is 0 Å². The first-order valence-electron chi connectivity index (χ1n) is 10.7. The number of unbranched alkanes of at least 4 members (excludes halogenated alkanes) is 5. The standard InChI is InChI=1S/C20H37O7P/c1-6-7-8-9-10-11-12-28(22)18(21)17-16(25-20(4,5)26-17)15(27-28)14-13-23-19(2,3)24-14/h14-18,21H,6-13H2,1-5H3/t14-,15-,16+,17+,18-,28?/m1/s1. The van der Waals surface area contributed by atoms with Crippen LogP contribution in [0.15, 0.2) is 0 Å². The van der Waals surface area contributed by atoms with Crippen molar-refractivity contribution in [2.75, 3.05) is 12.8 Å². The minimum Gasteiger partial charge on any atom is -0.380 e. The number of fused-ring (bicyclic) bond motifs is 1. The summed E-state index contributed by atoms with van der Waals surface area (Å²) >= 11 is 0. The fourth-order valence-electron chi connectivity index (χ4n) is 4.31. The molecule has 1 N–H and O–H groups in total.